The number of nitrogens with zero attached hydrogens (tertiary/aromatic N) is 1. The number of hydrogen-bond acceptors (Lipinski definition) is 4. The Morgan fingerprint density at radius 3 is 2.60 bits per heavy atom. The number of carbonyl (C=O) groups excluding carboxylic acids is 2. The molecule has 2 rings (SSSR count). The molecule has 1 aliphatic rings. The van der Waals surface area contributed by atoms with E-state index in [0.717, 1.165) is 31.2 Å². The summed E-state index contributed by atoms with van der Waals surface area (Å²) in [5, 5.41) is 23.9. The van der Waals surface area contributed by atoms with Crippen LogP contribution in [0.4, 0.5) is 16.2 Å². The molecule has 1 aromatic carbocycles. The van der Waals surface area contributed by atoms with Crippen molar-refractivity contribution < 1.29 is 19.8 Å². The molecule has 25 heavy (non-hydrogen) atoms. The molecule has 4 N–H and O–H groups in total. The van der Waals surface area contributed by atoms with Crippen molar-refractivity contribution >= 4 is 23.3 Å². The van der Waals surface area contributed by atoms with Crippen molar-refractivity contribution in [2.75, 3.05) is 30.8 Å². The number of aliphatic hydroxyl groups excluding tert-OH is 2. The van der Waals surface area contributed by atoms with Crippen LogP contribution in [-0.4, -0.2) is 53.4 Å². The van der Waals surface area contributed by atoms with E-state index in [9.17, 15) is 14.7 Å². The average Bonchev–Trinajstić information content (AvgIpc) is 3.12. The Hall–Kier alpha value is -2.12. The standard InChI is InChI=1S/C18H27N3O4/c1-12-7-8-14(19-18(25)21(2)10-15(23)11-22)9-16(12)20-17(24)13-5-3-4-6-13/h7-9,13,15,22-23H,3-6,10-11H2,1-2H3,(H,19,25)(H,20,24)/t15-/m0/s1. The van der Waals surface area contributed by atoms with Gasteiger partial charge in [0.2, 0.25) is 5.91 Å². The maximum Gasteiger partial charge on any atom is 0.321 e. The minimum atomic E-state index is -0.977. The number of rotatable bonds is 6. The van der Waals surface area contributed by atoms with E-state index in [0.29, 0.717) is 11.4 Å². The Kier molecular flexibility index (Phi) is 6.78. The van der Waals surface area contributed by atoms with Gasteiger partial charge in [0.15, 0.2) is 0 Å². The molecule has 0 aliphatic heterocycles. The number of nitrogens with one attached hydrogen (secondary N) is 2. The summed E-state index contributed by atoms with van der Waals surface area (Å²) in [5.74, 6) is 0.107. The molecule has 138 valence electrons. The van der Waals surface area contributed by atoms with Crippen LogP contribution in [-0.2, 0) is 4.79 Å². The molecule has 1 aliphatic carbocycles. The van der Waals surface area contributed by atoms with E-state index >= 15 is 0 Å². The van der Waals surface area contributed by atoms with Crippen LogP contribution in [0, 0.1) is 12.8 Å². The van der Waals surface area contributed by atoms with Crippen molar-refractivity contribution in [2.24, 2.45) is 5.92 Å². The fourth-order valence-corrected chi connectivity index (χ4v) is 2.93. The van der Waals surface area contributed by atoms with Crippen LogP contribution in [0.2, 0.25) is 0 Å². The van der Waals surface area contributed by atoms with Crippen LogP contribution in [0.1, 0.15) is 31.2 Å². The number of amides is 3. The molecule has 7 heteroatoms. The van der Waals surface area contributed by atoms with Crippen LogP contribution in [0.25, 0.3) is 0 Å². The Labute approximate surface area is 148 Å². The molecular formula is C18H27N3O4. The molecular weight excluding hydrogens is 322 g/mol. The Balaban J connectivity index is 2.00. The monoisotopic (exact) mass is 349 g/mol. The van der Waals surface area contributed by atoms with E-state index in [-0.39, 0.29) is 18.4 Å². The maximum atomic E-state index is 12.3. The summed E-state index contributed by atoms with van der Waals surface area (Å²) >= 11 is 0. The first-order valence-electron chi connectivity index (χ1n) is 8.63. The summed E-state index contributed by atoms with van der Waals surface area (Å²) in [4.78, 5) is 25.7. The summed E-state index contributed by atoms with van der Waals surface area (Å²) < 4.78 is 0. The minimum absolute atomic E-state index is 0.0272. The van der Waals surface area contributed by atoms with E-state index in [1.807, 2.05) is 13.0 Å². The van der Waals surface area contributed by atoms with Gasteiger partial charge in [0.1, 0.15) is 0 Å². The first-order valence-corrected chi connectivity index (χ1v) is 8.63. The smallest absolute Gasteiger partial charge is 0.321 e. The number of aryl methyl sites for hydroxylation is 1. The second kappa shape index (κ2) is 8.82. The summed E-state index contributed by atoms with van der Waals surface area (Å²) in [6.45, 7) is 1.53. The lowest BCUT2D eigenvalue weighted by molar-refractivity contribution is -0.119. The van der Waals surface area contributed by atoms with Gasteiger partial charge in [-0.3, -0.25) is 4.79 Å². The van der Waals surface area contributed by atoms with Gasteiger partial charge in [-0.25, -0.2) is 4.79 Å². The van der Waals surface area contributed by atoms with Crippen molar-refractivity contribution in [3.63, 3.8) is 0 Å². The van der Waals surface area contributed by atoms with Gasteiger partial charge in [-0.05, 0) is 37.5 Å². The third-order valence-corrected chi connectivity index (χ3v) is 4.51. The summed E-state index contributed by atoms with van der Waals surface area (Å²) in [6.07, 6.45) is 3.08. The number of benzene rings is 1. The van der Waals surface area contributed by atoms with Crippen molar-refractivity contribution in [1.82, 2.24) is 4.90 Å². The predicted octanol–water partition coefficient (Wildman–Crippen LogP) is 1.94. The SMILES string of the molecule is Cc1ccc(NC(=O)N(C)C[C@H](O)CO)cc1NC(=O)C1CCCC1. The van der Waals surface area contributed by atoms with Gasteiger partial charge >= 0.3 is 6.03 Å². The third kappa shape index (κ3) is 5.44. The predicted molar refractivity (Wildman–Crippen MR) is 96.5 cm³/mol. The summed E-state index contributed by atoms with van der Waals surface area (Å²) in [7, 11) is 1.53. The first kappa shape index (κ1) is 19.2. The van der Waals surface area contributed by atoms with Gasteiger partial charge in [-0.15, -0.1) is 0 Å². The lowest BCUT2D eigenvalue weighted by atomic mass is 10.1. The fraction of sp³-hybridized carbons (Fsp3) is 0.556. The number of anilines is 2. The van der Waals surface area contributed by atoms with Crippen LogP contribution in [0.3, 0.4) is 0 Å². The zero-order valence-electron chi connectivity index (χ0n) is 14.8. The topological polar surface area (TPSA) is 102 Å². The lowest BCUT2D eigenvalue weighted by Gasteiger charge is -2.21. The molecule has 0 heterocycles. The number of carbonyl (C=O) groups is 2. The Morgan fingerprint density at radius 1 is 1.28 bits per heavy atom. The van der Waals surface area contributed by atoms with Crippen molar-refractivity contribution in [2.45, 2.75) is 38.7 Å². The molecule has 1 saturated carbocycles. The van der Waals surface area contributed by atoms with Gasteiger partial charge in [-0.2, -0.15) is 0 Å². The number of urea groups is 1. The number of aliphatic hydroxyl groups is 2. The van der Waals surface area contributed by atoms with Gasteiger partial charge in [0.05, 0.1) is 19.3 Å². The van der Waals surface area contributed by atoms with Gasteiger partial charge in [0, 0.05) is 24.3 Å². The highest BCUT2D eigenvalue weighted by molar-refractivity contribution is 5.95. The normalized spacial score (nSPS) is 15.7. The van der Waals surface area contributed by atoms with Crippen molar-refractivity contribution in [3.8, 4) is 0 Å². The quantitative estimate of drug-likeness (QED) is 0.630. The molecule has 0 bridgehead atoms. The van der Waals surface area contributed by atoms with E-state index in [1.54, 1.807) is 12.1 Å². The van der Waals surface area contributed by atoms with Crippen molar-refractivity contribution in [3.05, 3.63) is 23.8 Å². The van der Waals surface area contributed by atoms with Crippen LogP contribution in [0.5, 0.6) is 0 Å². The molecule has 0 radical (unpaired) electrons. The average molecular weight is 349 g/mol. The maximum absolute atomic E-state index is 12.3. The minimum Gasteiger partial charge on any atom is -0.394 e. The largest absolute Gasteiger partial charge is 0.394 e. The molecule has 3 amide bonds. The highest BCUT2D eigenvalue weighted by Crippen LogP contribution is 2.27. The first-order chi connectivity index (χ1) is 11.9. The zero-order valence-corrected chi connectivity index (χ0v) is 14.8. The van der Waals surface area contributed by atoms with E-state index in [1.165, 1.54) is 11.9 Å². The second-order valence-electron chi connectivity index (χ2n) is 6.65. The van der Waals surface area contributed by atoms with Crippen LogP contribution >= 0.6 is 0 Å². The van der Waals surface area contributed by atoms with E-state index < -0.39 is 18.7 Å². The van der Waals surface area contributed by atoms with Crippen molar-refractivity contribution in [1.29, 1.82) is 0 Å². The Bertz CT molecular complexity index is 614. The molecule has 0 spiro atoms. The Morgan fingerprint density at radius 2 is 1.96 bits per heavy atom. The summed E-state index contributed by atoms with van der Waals surface area (Å²) in [5.41, 5.74) is 2.17. The molecule has 1 aromatic rings. The third-order valence-electron chi connectivity index (χ3n) is 4.51. The van der Waals surface area contributed by atoms with Crippen LogP contribution < -0.4 is 10.6 Å². The number of hydrogen-bond donors (Lipinski definition) is 4. The highest BCUT2D eigenvalue weighted by Gasteiger charge is 2.23. The van der Waals surface area contributed by atoms with Crippen LogP contribution in [0.15, 0.2) is 18.2 Å². The van der Waals surface area contributed by atoms with E-state index in [2.05, 4.69) is 10.6 Å². The molecule has 1 atom stereocenters. The van der Waals surface area contributed by atoms with Gasteiger partial charge in [0.25, 0.3) is 0 Å². The summed E-state index contributed by atoms with van der Waals surface area (Å²) in [6, 6.07) is 4.93. The number of likely N-dealkylation sites (N-methyl/N-ethyl adjacent to an activating group) is 1. The van der Waals surface area contributed by atoms with E-state index in [4.69, 9.17) is 5.11 Å². The van der Waals surface area contributed by atoms with Gasteiger partial charge < -0.3 is 25.7 Å². The van der Waals surface area contributed by atoms with Gasteiger partial charge in [-0.1, -0.05) is 18.9 Å². The molecule has 0 aromatic heterocycles. The lowest BCUT2D eigenvalue weighted by Crippen LogP contribution is -2.38. The molecule has 1 fully saturated rings. The highest BCUT2D eigenvalue weighted by atomic mass is 16.3. The molecule has 0 unspecified atom stereocenters. The zero-order chi connectivity index (χ0) is 18.4. The fourth-order valence-electron chi connectivity index (χ4n) is 2.93. The molecule has 7 nitrogen and oxygen atoms in total. The second-order valence-corrected chi connectivity index (χ2v) is 6.65. The molecule has 0 saturated heterocycles.